The summed E-state index contributed by atoms with van der Waals surface area (Å²) in [6.07, 6.45) is 6.91. The molecule has 0 amide bonds. The van der Waals surface area contributed by atoms with Crippen molar-refractivity contribution < 1.29 is 9.59 Å². The Morgan fingerprint density at radius 3 is 2.17 bits per heavy atom. The summed E-state index contributed by atoms with van der Waals surface area (Å²) in [6, 6.07) is 14.8. The van der Waals surface area contributed by atoms with Crippen molar-refractivity contribution in [3.05, 3.63) is 83.8 Å². The number of nitrogens with zero attached hydrogens (tertiary/aromatic N) is 1. The summed E-state index contributed by atoms with van der Waals surface area (Å²) in [6.45, 7) is 0. The number of Topliss-reactive ketones (excluding diaryl/α,β-unsaturated/α-hetero) is 2. The number of aromatic nitrogens is 2. The van der Waals surface area contributed by atoms with Crippen molar-refractivity contribution in [3.8, 4) is 11.3 Å². The number of imidazole rings is 1. The summed E-state index contributed by atoms with van der Waals surface area (Å²) < 4.78 is 0. The number of allylic oxidation sites excluding steroid dienone is 1. The first-order valence-electron chi connectivity index (χ1n) is 7.68. The molecule has 1 aliphatic carbocycles. The van der Waals surface area contributed by atoms with E-state index in [1.54, 1.807) is 42.9 Å². The summed E-state index contributed by atoms with van der Waals surface area (Å²) in [4.78, 5) is 31.8. The van der Waals surface area contributed by atoms with Crippen molar-refractivity contribution in [1.82, 2.24) is 9.97 Å². The van der Waals surface area contributed by atoms with E-state index < -0.39 is 5.92 Å². The van der Waals surface area contributed by atoms with Crippen molar-refractivity contribution in [2.75, 3.05) is 0 Å². The zero-order valence-electron chi connectivity index (χ0n) is 12.8. The lowest BCUT2D eigenvalue weighted by atomic mass is 10.0. The molecule has 0 aliphatic heterocycles. The van der Waals surface area contributed by atoms with Gasteiger partial charge in [0.1, 0.15) is 5.92 Å². The van der Waals surface area contributed by atoms with Gasteiger partial charge in [0, 0.05) is 11.1 Å². The van der Waals surface area contributed by atoms with Gasteiger partial charge in [-0.3, -0.25) is 9.59 Å². The van der Waals surface area contributed by atoms with Crippen LogP contribution in [0.1, 0.15) is 26.3 Å². The van der Waals surface area contributed by atoms with E-state index in [0.29, 0.717) is 11.1 Å². The molecular weight excluding hydrogens is 300 g/mol. The molecule has 24 heavy (non-hydrogen) atoms. The zero-order chi connectivity index (χ0) is 16.5. The van der Waals surface area contributed by atoms with Crippen molar-refractivity contribution in [1.29, 1.82) is 0 Å². The molecule has 0 bridgehead atoms. The fourth-order valence-electron chi connectivity index (χ4n) is 2.94. The van der Waals surface area contributed by atoms with E-state index in [1.807, 2.05) is 30.3 Å². The van der Waals surface area contributed by atoms with Crippen molar-refractivity contribution in [2.45, 2.75) is 0 Å². The van der Waals surface area contributed by atoms with Crippen molar-refractivity contribution in [3.63, 3.8) is 0 Å². The number of rotatable bonds is 3. The van der Waals surface area contributed by atoms with Crippen molar-refractivity contribution in [2.24, 2.45) is 5.92 Å². The van der Waals surface area contributed by atoms with Crippen LogP contribution in [0.5, 0.6) is 0 Å². The van der Waals surface area contributed by atoms with E-state index in [1.165, 1.54) is 0 Å². The molecule has 0 spiro atoms. The van der Waals surface area contributed by atoms with Gasteiger partial charge in [-0.1, -0.05) is 60.7 Å². The van der Waals surface area contributed by atoms with Crippen molar-refractivity contribution >= 4 is 17.6 Å². The van der Waals surface area contributed by atoms with Gasteiger partial charge in [0.2, 0.25) is 0 Å². The van der Waals surface area contributed by atoms with Gasteiger partial charge in [0.05, 0.1) is 18.2 Å². The molecule has 3 aromatic rings. The fourth-order valence-corrected chi connectivity index (χ4v) is 2.94. The Hall–Kier alpha value is -3.27. The maximum atomic E-state index is 12.4. The van der Waals surface area contributed by atoms with Gasteiger partial charge >= 0.3 is 0 Å². The molecule has 1 aromatic heterocycles. The van der Waals surface area contributed by atoms with Gasteiger partial charge in [-0.15, -0.1) is 0 Å². The van der Waals surface area contributed by atoms with E-state index in [9.17, 15) is 9.59 Å². The standard InChI is InChI=1S/C20H14N2O2/c23-19-15-3-1-2-4-16(15)20(24)17(19)10-7-13-5-8-14(9-6-13)18-11-21-12-22-18/h1-12,17H,(H,21,22)/b10-7+. The largest absolute Gasteiger partial charge is 0.345 e. The molecule has 4 nitrogen and oxygen atoms in total. The van der Waals surface area contributed by atoms with Crippen LogP contribution >= 0.6 is 0 Å². The van der Waals surface area contributed by atoms with E-state index >= 15 is 0 Å². The van der Waals surface area contributed by atoms with E-state index in [2.05, 4.69) is 9.97 Å². The lowest BCUT2D eigenvalue weighted by Crippen LogP contribution is -2.11. The Kier molecular flexibility index (Phi) is 3.43. The van der Waals surface area contributed by atoms with Gasteiger partial charge in [-0.2, -0.15) is 0 Å². The second-order valence-electron chi connectivity index (χ2n) is 5.70. The summed E-state index contributed by atoms with van der Waals surface area (Å²) in [5, 5.41) is 0. The van der Waals surface area contributed by atoms with E-state index in [4.69, 9.17) is 0 Å². The highest BCUT2D eigenvalue weighted by molar-refractivity contribution is 6.27. The van der Waals surface area contributed by atoms with Crippen LogP contribution in [0.15, 0.2) is 67.1 Å². The number of fused-ring (bicyclic) bond motifs is 1. The Balaban J connectivity index is 1.56. The summed E-state index contributed by atoms with van der Waals surface area (Å²) in [7, 11) is 0. The molecule has 4 rings (SSSR count). The molecule has 0 saturated heterocycles. The second-order valence-corrected chi connectivity index (χ2v) is 5.70. The van der Waals surface area contributed by atoms with Crippen LogP contribution in [0.4, 0.5) is 0 Å². The number of aromatic amines is 1. The molecule has 0 atom stereocenters. The number of benzene rings is 2. The van der Waals surface area contributed by atoms with Crippen LogP contribution in [0.25, 0.3) is 17.3 Å². The third-order valence-electron chi connectivity index (χ3n) is 4.22. The van der Waals surface area contributed by atoms with Crippen LogP contribution in [0.3, 0.4) is 0 Å². The average molecular weight is 314 g/mol. The van der Waals surface area contributed by atoms with Gasteiger partial charge < -0.3 is 4.98 Å². The Morgan fingerprint density at radius 2 is 1.58 bits per heavy atom. The summed E-state index contributed by atoms with van der Waals surface area (Å²) >= 11 is 0. The molecule has 0 fully saturated rings. The third kappa shape index (κ3) is 2.38. The molecule has 1 heterocycles. The van der Waals surface area contributed by atoms with Crippen LogP contribution in [0.2, 0.25) is 0 Å². The molecule has 1 aliphatic rings. The highest BCUT2D eigenvalue weighted by Crippen LogP contribution is 2.28. The number of H-pyrrole nitrogens is 1. The van der Waals surface area contributed by atoms with Crippen LogP contribution < -0.4 is 0 Å². The maximum Gasteiger partial charge on any atom is 0.178 e. The minimum Gasteiger partial charge on any atom is -0.345 e. The van der Waals surface area contributed by atoms with E-state index in [0.717, 1.165) is 16.8 Å². The lowest BCUT2D eigenvalue weighted by molar-refractivity contribution is 0.0872. The topological polar surface area (TPSA) is 62.8 Å². The molecule has 0 radical (unpaired) electrons. The molecule has 4 heteroatoms. The van der Waals surface area contributed by atoms with Crippen LogP contribution in [-0.4, -0.2) is 21.5 Å². The first-order valence-corrected chi connectivity index (χ1v) is 7.68. The number of carbonyl (C=O) groups excluding carboxylic acids is 2. The normalized spacial score (nSPS) is 14.5. The monoisotopic (exact) mass is 314 g/mol. The minimum atomic E-state index is -0.713. The predicted molar refractivity (Wildman–Crippen MR) is 91.7 cm³/mol. The average Bonchev–Trinajstić information content (AvgIpc) is 3.23. The number of carbonyl (C=O) groups is 2. The molecule has 116 valence electrons. The molecule has 1 N–H and O–H groups in total. The minimum absolute atomic E-state index is 0.124. The Bertz CT molecular complexity index is 903. The smallest absolute Gasteiger partial charge is 0.178 e. The van der Waals surface area contributed by atoms with Crippen LogP contribution in [-0.2, 0) is 0 Å². The maximum absolute atomic E-state index is 12.4. The highest BCUT2D eigenvalue weighted by atomic mass is 16.2. The Labute approximate surface area is 138 Å². The first kappa shape index (κ1) is 14.3. The second kappa shape index (κ2) is 5.74. The number of ketones is 2. The Morgan fingerprint density at radius 1 is 0.917 bits per heavy atom. The number of hydrogen-bond acceptors (Lipinski definition) is 3. The molecular formula is C20H14N2O2. The summed E-state index contributed by atoms with van der Waals surface area (Å²) in [5.74, 6) is -0.962. The fraction of sp³-hybridized carbons (Fsp3) is 0.0500. The lowest BCUT2D eigenvalue weighted by Gasteiger charge is -2.01. The SMILES string of the molecule is O=C1c2ccccc2C(=O)C1/C=C/c1ccc(-c2cnc[nH]2)cc1. The first-order chi connectivity index (χ1) is 11.7. The van der Waals surface area contributed by atoms with Crippen LogP contribution in [0, 0.1) is 5.92 Å². The van der Waals surface area contributed by atoms with Gasteiger partial charge in [0.15, 0.2) is 11.6 Å². The predicted octanol–water partition coefficient (Wildman–Crippen LogP) is 3.79. The molecule has 0 saturated carbocycles. The zero-order valence-corrected chi connectivity index (χ0v) is 12.8. The quantitative estimate of drug-likeness (QED) is 0.748. The summed E-state index contributed by atoms with van der Waals surface area (Å²) in [5.41, 5.74) is 3.96. The van der Waals surface area contributed by atoms with Gasteiger partial charge in [0.25, 0.3) is 0 Å². The molecule has 2 aromatic carbocycles. The van der Waals surface area contributed by atoms with Gasteiger partial charge in [-0.05, 0) is 11.1 Å². The number of nitrogens with one attached hydrogen (secondary N) is 1. The third-order valence-corrected chi connectivity index (χ3v) is 4.22. The number of hydrogen-bond donors (Lipinski definition) is 1. The highest BCUT2D eigenvalue weighted by Gasteiger charge is 2.36. The molecule has 0 unspecified atom stereocenters. The van der Waals surface area contributed by atoms with Gasteiger partial charge in [-0.25, -0.2) is 4.98 Å². The van der Waals surface area contributed by atoms with E-state index in [-0.39, 0.29) is 11.6 Å².